The van der Waals surface area contributed by atoms with Crippen molar-refractivity contribution in [1.82, 2.24) is 15.1 Å². The molecule has 9 heteroatoms. The standard InChI is InChI=1S/C27H27N5O4/c1-31(25(35)23(33)29-18-11-12-18)22(13-17-7-3-2-4-8-17)24(34)32-16-27(14-19(32)15-28)20-9-5-6-10-21(20)30-26(27)36/h2-10,18-19,22H,11-14,16H2,1H3,(H,29,33)(H,30,36)/t19-,22-,27-/m0/s1/i1D3. The molecule has 1 spiro atoms. The number of anilines is 1. The highest BCUT2D eigenvalue weighted by Crippen LogP contribution is 2.46. The lowest BCUT2D eigenvalue weighted by molar-refractivity contribution is -0.151. The summed E-state index contributed by atoms with van der Waals surface area (Å²) in [7, 11) is 0. The van der Waals surface area contributed by atoms with Gasteiger partial charge in [0.15, 0.2) is 0 Å². The molecule has 2 N–H and O–H groups in total. The number of nitriles is 1. The van der Waals surface area contributed by atoms with Crippen LogP contribution in [0, 0.1) is 11.3 Å². The van der Waals surface area contributed by atoms with E-state index in [2.05, 4.69) is 16.7 Å². The number of benzene rings is 2. The van der Waals surface area contributed by atoms with E-state index in [0.29, 0.717) is 34.6 Å². The molecule has 3 atom stereocenters. The van der Waals surface area contributed by atoms with Gasteiger partial charge < -0.3 is 20.4 Å². The van der Waals surface area contributed by atoms with Crippen LogP contribution in [0.3, 0.4) is 0 Å². The van der Waals surface area contributed by atoms with Crippen LogP contribution in [0.15, 0.2) is 54.6 Å². The van der Waals surface area contributed by atoms with E-state index in [1.165, 1.54) is 4.90 Å². The number of nitrogens with zero attached hydrogens (tertiary/aromatic N) is 3. The van der Waals surface area contributed by atoms with E-state index in [-0.39, 0.29) is 31.3 Å². The van der Waals surface area contributed by atoms with Gasteiger partial charge in [-0.3, -0.25) is 19.2 Å². The van der Waals surface area contributed by atoms with Gasteiger partial charge in [-0.1, -0.05) is 48.5 Å². The third-order valence-electron chi connectivity index (χ3n) is 7.11. The molecule has 3 aliphatic rings. The van der Waals surface area contributed by atoms with Crippen molar-refractivity contribution < 1.29 is 23.3 Å². The maximum Gasteiger partial charge on any atom is 0.312 e. The number of carbonyl (C=O) groups is 4. The first-order chi connectivity index (χ1) is 18.5. The third-order valence-corrected chi connectivity index (χ3v) is 7.11. The molecular formula is C27H27N5O4. The molecule has 0 bridgehead atoms. The van der Waals surface area contributed by atoms with Crippen molar-refractivity contribution in [2.75, 3.05) is 18.8 Å². The van der Waals surface area contributed by atoms with Gasteiger partial charge in [0.2, 0.25) is 11.8 Å². The van der Waals surface area contributed by atoms with Crippen LogP contribution < -0.4 is 10.6 Å². The molecule has 0 radical (unpaired) electrons. The van der Waals surface area contributed by atoms with E-state index in [1.807, 2.05) is 0 Å². The van der Waals surface area contributed by atoms with Crippen LogP contribution in [0.1, 0.15) is 34.5 Å². The van der Waals surface area contributed by atoms with E-state index < -0.39 is 42.2 Å². The summed E-state index contributed by atoms with van der Waals surface area (Å²) in [6.45, 7) is -3.31. The Bertz CT molecular complexity index is 1370. The molecular weight excluding hydrogens is 458 g/mol. The van der Waals surface area contributed by atoms with E-state index in [1.54, 1.807) is 54.6 Å². The molecule has 5 rings (SSSR count). The summed E-state index contributed by atoms with van der Waals surface area (Å²) in [4.78, 5) is 54.9. The van der Waals surface area contributed by atoms with E-state index in [9.17, 15) is 24.4 Å². The maximum atomic E-state index is 14.2. The molecule has 2 aromatic carbocycles. The van der Waals surface area contributed by atoms with Gasteiger partial charge >= 0.3 is 11.8 Å². The number of hydrogen-bond acceptors (Lipinski definition) is 5. The van der Waals surface area contributed by atoms with Gasteiger partial charge in [0.25, 0.3) is 0 Å². The summed E-state index contributed by atoms with van der Waals surface area (Å²) in [5.74, 6) is -3.62. The van der Waals surface area contributed by atoms with Crippen molar-refractivity contribution in [3.63, 3.8) is 0 Å². The second-order valence-electron chi connectivity index (χ2n) is 9.53. The van der Waals surface area contributed by atoms with Crippen LogP contribution in [-0.2, 0) is 31.0 Å². The molecule has 0 aromatic heterocycles. The summed E-state index contributed by atoms with van der Waals surface area (Å²) in [6.07, 6.45) is 1.18. The Hall–Kier alpha value is -4.19. The molecule has 0 unspecified atom stereocenters. The van der Waals surface area contributed by atoms with Crippen LogP contribution in [0.4, 0.5) is 5.69 Å². The molecule has 2 fully saturated rings. The van der Waals surface area contributed by atoms with E-state index in [4.69, 9.17) is 4.11 Å². The number of likely N-dealkylation sites (N-methyl/N-ethyl adjacent to an activating group) is 1. The second-order valence-corrected chi connectivity index (χ2v) is 9.53. The van der Waals surface area contributed by atoms with Crippen LogP contribution in [-0.4, -0.2) is 65.1 Å². The monoisotopic (exact) mass is 488 g/mol. The van der Waals surface area contributed by atoms with E-state index >= 15 is 0 Å². The van der Waals surface area contributed by atoms with Gasteiger partial charge in [-0.05, 0) is 30.0 Å². The van der Waals surface area contributed by atoms with Crippen molar-refractivity contribution in [2.24, 2.45) is 0 Å². The smallest absolute Gasteiger partial charge is 0.312 e. The number of likely N-dealkylation sites (tertiary alicyclic amines) is 1. The number of fused-ring (bicyclic) bond motifs is 2. The molecule has 1 saturated heterocycles. The largest absolute Gasteiger partial charge is 0.345 e. The van der Waals surface area contributed by atoms with Crippen LogP contribution in [0.2, 0.25) is 0 Å². The highest BCUT2D eigenvalue weighted by Gasteiger charge is 2.56. The number of amides is 4. The number of carbonyl (C=O) groups excluding carboxylic acids is 4. The zero-order valence-corrected chi connectivity index (χ0v) is 19.4. The van der Waals surface area contributed by atoms with Crippen LogP contribution in [0.5, 0.6) is 0 Å². The van der Waals surface area contributed by atoms with E-state index in [0.717, 1.165) is 0 Å². The predicted molar refractivity (Wildman–Crippen MR) is 130 cm³/mol. The lowest BCUT2D eigenvalue weighted by atomic mass is 9.80. The van der Waals surface area contributed by atoms with Crippen molar-refractivity contribution in [3.8, 4) is 6.07 Å². The van der Waals surface area contributed by atoms with Gasteiger partial charge in [-0.15, -0.1) is 0 Å². The second kappa shape index (κ2) is 9.11. The third kappa shape index (κ3) is 4.09. The number of rotatable bonds is 5. The Morgan fingerprint density at radius 3 is 2.64 bits per heavy atom. The zero-order valence-electron chi connectivity index (χ0n) is 22.4. The summed E-state index contributed by atoms with van der Waals surface area (Å²) in [5.41, 5.74) is 0.609. The zero-order chi connectivity index (χ0) is 27.9. The minimum atomic E-state index is -3.13. The van der Waals surface area contributed by atoms with Crippen molar-refractivity contribution in [3.05, 3.63) is 65.7 Å². The molecule has 2 heterocycles. The molecule has 184 valence electrons. The maximum absolute atomic E-state index is 14.2. The van der Waals surface area contributed by atoms with Gasteiger partial charge in [-0.25, -0.2) is 0 Å². The fraction of sp³-hybridized carbons (Fsp3) is 0.370. The SMILES string of the molecule is [2H]C([2H])([2H])N(C(=O)C(=O)NC1CC1)[C@@H](Cc1ccccc1)C(=O)N1C[C@]2(C[C@H]1C#N)C(=O)Nc1ccccc12. The number of hydrogen-bond donors (Lipinski definition) is 2. The topological polar surface area (TPSA) is 123 Å². The Labute approximate surface area is 213 Å². The molecule has 2 aliphatic heterocycles. The quantitative estimate of drug-likeness (QED) is 0.615. The Kier molecular flexibility index (Phi) is 5.08. The van der Waals surface area contributed by atoms with Gasteiger partial charge in [0, 0.05) is 42.2 Å². The highest BCUT2D eigenvalue weighted by atomic mass is 16.2. The van der Waals surface area contributed by atoms with Crippen LogP contribution in [0.25, 0.3) is 0 Å². The van der Waals surface area contributed by atoms with Crippen molar-refractivity contribution >= 4 is 29.3 Å². The summed E-state index contributed by atoms with van der Waals surface area (Å²) in [5, 5.41) is 15.3. The summed E-state index contributed by atoms with van der Waals surface area (Å²) in [6, 6.07) is 14.8. The van der Waals surface area contributed by atoms with Gasteiger partial charge in [0.1, 0.15) is 12.1 Å². The molecule has 1 aliphatic carbocycles. The highest BCUT2D eigenvalue weighted by molar-refractivity contribution is 6.35. The minimum Gasteiger partial charge on any atom is -0.345 e. The summed E-state index contributed by atoms with van der Waals surface area (Å²) >= 11 is 0. The lowest BCUT2D eigenvalue weighted by Gasteiger charge is -2.32. The Balaban J connectivity index is 1.53. The summed E-state index contributed by atoms with van der Waals surface area (Å²) < 4.78 is 24.3. The fourth-order valence-corrected chi connectivity index (χ4v) is 5.03. The van der Waals surface area contributed by atoms with Gasteiger partial charge in [0.05, 0.1) is 11.5 Å². The molecule has 36 heavy (non-hydrogen) atoms. The molecule has 2 aromatic rings. The first-order valence-electron chi connectivity index (χ1n) is 13.3. The molecule has 9 nitrogen and oxygen atoms in total. The number of para-hydroxylation sites is 1. The first-order valence-corrected chi connectivity index (χ1v) is 11.8. The minimum absolute atomic E-state index is 0.0139. The van der Waals surface area contributed by atoms with Crippen molar-refractivity contribution in [1.29, 1.82) is 5.26 Å². The Morgan fingerprint density at radius 2 is 1.94 bits per heavy atom. The predicted octanol–water partition coefficient (Wildman–Crippen LogP) is 1.35. The van der Waals surface area contributed by atoms with Crippen molar-refractivity contribution in [2.45, 2.75) is 49.2 Å². The normalized spacial score (nSPS) is 24.5. The fourth-order valence-electron chi connectivity index (χ4n) is 5.03. The molecule has 1 saturated carbocycles. The molecule has 4 amide bonds. The van der Waals surface area contributed by atoms with Crippen LogP contribution >= 0.6 is 0 Å². The number of nitrogens with one attached hydrogen (secondary N) is 2. The lowest BCUT2D eigenvalue weighted by Crippen LogP contribution is -2.55. The van der Waals surface area contributed by atoms with Gasteiger partial charge in [-0.2, -0.15) is 5.26 Å². The average Bonchev–Trinajstić information content (AvgIpc) is 3.57. The average molecular weight is 489 g/mol. The Morgan fingerprint density at radius 1 is 1.22 bits per heavy atom. The first kappa shape index (κ1) is 20.0.